The normalized spacial score (nSPS) is 13.3. The zero-order chi connectivity index (χ0) is 34.8. The molecule has 0 spiro atoms. The summed E-state index contributed by atoms with van der Waals surface area (Å²) in [5.74, 6) is -0.241. The van der Waals surface area contributed by atoms with Crippen LogP contribution in [0.2, 0.25) is 0 Å². The van der Waals surface area contributed by atoms with Gasteiger partial charge in [0.1, 0.15) is 6.17 Å². The van der Waals surface area contributed by atoms with Gasteiger partial charge in [0.15, 0.2) is 0 Å². The lowest BCUT2D eigenvalue weighted by atomic mass is 9.70. The van der Waals surface area contributed by atoms with E-state index < -0.39 is 0 Å². The molecule has 4 rings (SSSR count). The number of carbonyl (C=O) groups excluding carboxylic acids is 2. The van der Waals surface area contributed by atoms with Crippen molar-refractivity contribution in [1.29, 1.82) is 0 Å². The Hall–Kier alpha value is -4.48. The molecule has 0 aliphatic heterocycles. The van der Waals surface area contributed by atoms with Crippen LogP contribution in [0.5, 0.6) is 0 Å². The molecule has 0 bridgehead atoms. The highest BCUT2D eigenvalue weighted by Crippen LogP contribution is 2.47. The lowest BCUT2D eigenvalue weighted by Gasteiger charge is -2.34. The monoisotopic (exact) mass is 631 g/mol. The Labute approximate surface area is 282 Å². The molecular weight excluding hydrogens is 578 g/mol. The molecule has 0 aliphatic rings. The number of benzene rings is 4. The van der Waals surface area contributed by atoms with Crippen molar-refractivity contribution in [1.82, 2.24) is 16.0 Å². The average molecular weight is 632 g/mol. The van der Waals surface area contributed by atoms with Crippen LogP contribution in [0.15, 0.2) is 109 Å². The summed E-state index contributed by atoms with van der Waals surface area (Å²) in [4.78, 5) is 26.3. The number of rotatable bonds is 9. The van der Waals surface area contributed by atoms with Gasteiger partial charge in [-0.2, -0.15) is 0 Å². The highest BCUT2D eigenvalue weighted by molar-refractivity contribution is 5.99. The molecule has 0 fully saturated rings. The van der Waals surface area contributed by atoms with Crippen LogP contribution in [0, 0.1) is 10.8 Å². The van der Waals surface area contributed by atoms with Crippen molar-refractivity contribution >= 4 is 23.0 Å². The SMILES string of the molecule is CC.CNC(NC(=O)c1ccc(/C(=C(/c2ccc(C(=O)NC(C)c3ccccc3)cc2)C(C)(C)C)C(C)(C)C)cc1)c1ccccc1. The molecule has 0 aliphatic carbocycles. The maximum absolute atomic E-state index is 13.2. The number of hydrogen-bond donors (Lipinski definition) is 3. The van der Waals surface area contributed by atoms with Gasteiger partial charge in [-0.15, -0.1) is 0 Å². The van der Waals surface area contributed by atoms with Crippen molar-refractivity contribution < 1.29 is 9.59 Å². The standard InChI is InChI=1S/C40H47N3O2.C2H6/c1-27(28-15-11-9-12-16-28)42-37(44)32-23-19-29(20-24-32)34(39(2,3)4)35(40(5,6)7)30-21-25-33(26-22-30)38(45)43-36(41-8)31-17-13-10-14-18-31;1-2/h9-27,36,41H,1-8H3,(H,42,44)(H,43,45);1-2H3/b35-34+;. The first-order chi connectivity index (χ1) is 22.3. The summed E-state index contributed by atoms with van der Waals surface area (Å²) in [7, 11) is 1.83. The molecule has 2 amide bonds. The molecule has 248 valence electrons. The number of carbonyl (C=O) groups is 2. The van der Waals surface area contributed by atoms with E-state index in [2.05, 4.69) is 69.6 Å². The Bertz CT molecular complexity index is 1610. The zero-order valence-corrected chi connectivity index (χ0v) is 29.9. The van der Waals surface area contributed by atoms with E-state index in [4.69, 9.17) is 0 Å². The van der Waals surface area contributed by atoms with E-state index in [-0.39, 0.29) is 34.9 Å². The van der Waals surface area contributed by atoms with Gasteiger partial charge >= 0.3 is 0 Å². The highest BCUT2D eigenvalue weighted by Gasteiger charge is 2.30. The molecule has 47 heavy (non-hydrogen) atoms. The van der Waals surface area contributed by atoms with Crippen LogP contribution in [-0.4, -0.2) is 18.9 Å². The second-order valence-corrected chi connectivity index (χ2v) is 13.6. The Balaban J connectivity index is 0.00000294. The molecule has 2 unspecified atom stereocenters. The van der Waals surface area contributed by atoms with Gasteiger partial charge in [0.2, 0.25) is 0 Å². The number of amides is 2. The maximum atomic E-state index is 13.2. The van der Waals surface area contributed by atoms with Crippen molar-refractivity contribution in [2.24, 2.45) is 10.8 Å². The predicted molar refractivity (Wildman–Crippen MR) is 198 cm³/mol. The second-order valence-electron chi connectivity index (χ2n) is 13.6. The van der Waals surface area contributed by atoms with Crippen LogP contribution in [0.3, 0.4) is 0 Å². The van der Waals surface area contributed by atoms with Gasteiger partial charge in [-0.3, -0.25) is 14.9 Å². The third-order valence-corrected chi connectivity index (χ3v) is 7.97. The maximum Gasteiger partial charge on any atom is 0.252 e. The smallest absolute Gasteiger partial charge is 0.252 e. The van der Waals surface area contributed by atoms with Crippen molar-refractivity contribution in [2.45, 2.75) is 74.5 Å². The van der Waals surface area contributed by atoms with Crippen molar-refractivity contribution in [3.05, 3.63) is 143 Å². The van der Waals surface area contributed by atoms with Crippen LogP contribution in [0.4, 0.5) is 0 Å². The quantitative estimate of drug-likeness (QED) is 0.127. The molecule has 0 saturated heterocycles. The van der Waals surface area contributed by atoms with E-state index >= 15 is 0 Å². The fraction of sp³-hybridized carbons (Fsp3) is 0.333. The molecule has 3 N–H and O–H groups in total. The Morgan fingerprint density at radius 1 is 0.511 bits per heavy atom. The summed E-state index contributed by atoms with van der Waals surface area (Å²) in [6.07, 6.45) is -0.289. The molecule has 0 heterocycles. The van der Waals surface area contributed by atoms with Crippen LogP contribution in [-0.2, 0) is 0 Å². The van der Waals surface area contributed by atoms with Gasteiger partial charge in [-0.05, 0) is 82.5 Å². The summed E-state index contributed by atoms with van der Waals surface area (Å²) >= 11 is 0. The molecule has 0 aromatic heterocycles. The van der Waals surface area contributed by atoms with Gasteiger partial charge in [0.05, 0.1) is 6.04 Å². The van der Waals surface area contributed by atoms with Crippen LogP contribution < -0.4 is 16.0 Å². The first kappa shape index (κ1) is 37.0. The van der Waals surface area contributed by atoms with E-state index in [0.717, 1.165) is 22.3 Å². The van der Waals surface area contributed by atoms with Crippen molar-refractivity contribution in [3.63, 3.8) is 0 Å². The fourth-order valence-electron chi connectivity index (χ4n) is 5.77. The second kappa shape index (κ2) is 16.4. The lowest BCUT2D eigenvalue weighted by molar-refractivity contribution is 0.0926. The van der Waals surface area contributed by atoms with Gasteiger partial charge in [0, 0.05) is 11.1 Å². The minimum Gasteiger partial charge on any atom is -0.346 e. The van der Waals surface area contributed by atoms with Gasteiger partial charge in [-0.1, -0.05) is 140 Å². The number of hydrogen-bond acceptors (Lipinski definition) is 3. The molecule has 4 aromatic carbocycles. The predicted octanol–water partition coefficient (Wildman–Crippen LogP) is 9.85. The van der Waals surface area contributed by atoms with Gasteiger partial charge in [0.25, 0.3) is 11.8 Å². The first-order valence-electron chi connectivity index (χ1n) is 16.6. The lowest BCUT2D eigenvalue weighted by Crippen LogP contribution is -2.36. The third kappa shape index (κ3) is 9.76. The van der Waals surface area contributed by atoms with Crippen molar-refractivity contribution in [2.75, 3.05) is 7.05 Å². The van der Waals surface area contributed by atoms with E-state index in [1.807, 2.05) is 125 Å². The number of nitrogens with one attached hydrogen (secondary N) is 3. The van der Waals surface area contributed by atoms with E-state index in [9.17, 15) is 9.59 Å². The molecule has 5 nitrogen and oxygen atoms in total. The first-order valence-corrected chi connectivity index (χ1v) is 16.6. The largest absolute Gasteiger partial charge is 0.346 e. The average Bonchev–Trinajstić information content (AvgIpc) is 3.06. The Kier molecular flexibility index (Phi) is 12.9. The zero-order valence-electron chi connectivity index (χ0n) is 29.9. The van der Waals surface area contributed by atoms with E-state index in [1.165, 1.54) is 11.1 Å². The Morgan fingerprint density at radius 3 is 1.21 bits per heavy atom. The Morgan fingerprint density at radius 2 is 0.851 bits per heavy atom. The minimum atomic E-state index is -0.289. The van der Waals surface area contributed by atoms with Gasteiger partial charge in [-0.25, -0.2) is 0 Å². The molecule has 4 aromatic rings. The fourth-order valence-corrected chi connectivity index (χ4v) is 5.77. The summed E-state index contributed by atoms with van der Waals surface area (Å²) in [5.41, 5.74) is 7.43. The summed E-state index contributed by atoms with van der Waals surface area (Å²) in [6.45, 7) is 19.3. The highest BCUT2D eigenvalue weighted by atomic mass is 16.2. The molecular formula is C42H53N3O2. The van der Waals surface area contributed by atoms with Crippen molar-refractivity contribution in [3.8, 4) is 0 Å². The van der Waals surface area contributed by atoms with E-state index in [0.29, 0.717) is 11.1 Å². The topological polar surface area (TPSA) is 70.2 Å². The molecule has 5 heteroatoms. The number of allylic oxidation sites excluding steroid dienone is 2. The third-order valence-electron chi connectivity index (χ3n) is 7.97. The van der Waals surface area contributed by atoms with Crippen LogP contribution >= 0.6 is 0 Å². The summed E-state index contributed by atoms with van der Waals surface area (Å²) in [6, 6.07) is 35.6. The van der Waals surface area contributed by atoms with E-state index in [1.54, 1.807) is 0 Å². The van der Waals surface area contributed by atoms with Crippen LogP contribution in [0.1, 0.15) is 117 Å². The molecule has 0 saturated carbocycles. The minimum absolute atomic E-state index is 0.0941. The van der Waals surface area contributed by atoms with Crippen LogP contribution in [0.25, 0.3) is 11.1 Å². The van der Waals surface area contributed by atoms with Gasteiger partial charge < -0.3 is 10.6 Å². The molecule has 0 radical (unpaired) electrons. The summed E-state index contributed by atoms with van der Waals surface area (Å²) in [5, 5.41) is 9.39. The summed E-state index contributed by atoms with van der Waals surface area (Å²) < 4.78 is 0. The molecule has 2 atom stereocenters.